The largest absolute Gasteiger partial charge is 0.330 e. The second-order valence-electron chi connectivity index (χ2n) is 7.01. The van der Waals surface area contributed by atoms with Crippen molar-refractivity contribution in [2.24, 2.45) is 14.1 Å². The molecule has 1 atom stereocenters. The number of aromatic nitrogens is 2. The molecule has 0 spiro atoms. The van der Waals surface area contributed by atoms with E-state index in [4.69, 9.17) is 0 Å². The van der Waals surface area contributed by atoms with Crippen LogP contribution in [0.3, 0.4) is 0 Å². The Morgan fingerprint density at radius 1 is 1.12 bits per heavy atom. The lowest BCUT2D eigenvalue weighted by Crippen LogP contribution is -2.43. The average Bonchev–Trinajstić information content (AvgIpc) is 2.63. The Bertz CT molecular complexity index is 866. The third-order valence-corrected chi connectivity index (χ3v) is 5.34. The van der Waals surface area contributed by atoms with E-state index in [0.29, 0.717) is 12.6 Å². The van der Waals surface area contributed by atoms with E-state index in [2.05, 4.69) is 36.1 Å². The number of benzene rings is 1. The Morgan fingerprint density at radius 2 is 1.84 bits per heavy atom. The first-order valence-corrected chi connectivity index (χ1v) is 9.08. The summed E-state index contributed by atoms with van der Waals surface area (Å²) in [6.45, 7) is 3.78. The van der Waals surface area contributed by atoms with Gasteiger partial charge in [0.1, 0.15) is 0 Å². The van der Waals surface area contributed by atoms with Crippen LogP contribution in [-0.4, -0.2) is 26.6 Å². The summed E-state index contributed by atoms with van der Waals surface area (Å²) in [4.78, 5) is 26.7. The Kier molecular flexibility index (Phi) is 5.23. The summed E-state index contributed by atoms with van der Waals surface area (Å²) in [6.07, 6.45) is 4.30. The predicted molar refractivity (Wildman–Crippen MR) is 99.9 cm³/mol. The molecule has 25 heavy (non-hydrogen) atoms. The molecular weight excluding hydrogens is 314 g/mol. The van der Waals surface area contributed by atoms with Crippen LogP contribution in [0.25, 0.3) is 0 Å². The van der Waals surface area contributed by atoms with E-state index < -0.39 is 0 Å². The van der Waals surface area contributed by atoms with Gasteiger partial charge in [-0.15, -0.1) is 0 Å². The lowest BCUT2D eigenvalue weighted by molar-refractivity contribution is 0.167. The van der Waals surface area contributed by atoms with E-state index in [0.717, 1.165) is 42.5 Å². The summed E-state index contributed by atoms with van der Waals surface area (Å²) in [5, 5.41) is 0. The first kappa shape index (κ1) is 17.7. The molecule has 1 aromatic heterocycles. The molecule has 5 nitrogen and oxygen atoms in total. The van der Waals surface area contributed by atoms with Gasteiger partial charge in [-0.2, -0.15) is 0 Å². The molecule has 0 aliphatic heterocycles. The van der Waals surface area contributed by atoms with Crippen LogP contribution in [-0.2, 0) is 33.5 Å². The Balaban J connectivity index is 1.86. The summed E-state index contributed by atoms with van der Waals surface area (Å²) >= 11 is 0. The molecular formula is C20H27N3O2. The van der Waals surface area contributed by atoms with Gasteiger partial charge in [0, 0.05) is 38.4 Å². The molecule has 0 bridgehead atoms. The van der Waals surface area contributed by atoms with Gasteiger partial charge >= 0.3 is 5.69 Å². The van der Waals surface area contributed by atoms with Crippen molar-refractivity contribution in [1.82, 2.24) is 14.0 Å². The van der Waals surface area contributed by atoms with E-state index in [1.54, 1.807) is 17.7 Å². The summed E-state index contributed by atoms with van der Waals surface area (Å²) in [5.74, 6) is 0. The molecule has 0 amide bonds. The van der Waals surface area contributed by atoms with Gasteiger partial charge in [0.2, 0.25) is 0 Å². The fourth-order valence-electron chi connectivity index (χ4n) is 3.81. The topological polar surface area (TPSA) is 47.2 Å². The highest BCUT2D eigenvalue weighted by atomic mass is 16.2. The van der Waals surface area contributed by atoms with Crippen LogP contribution in [0.5, 0.6) is 0 Å². The molecule has 3 rings (SSSR count). The Labute approximate surface area is 148 Å². The van der Waals surface area contributed by atoms with Crippen LogP contribution in [0, 0.1) is 0 Å². The van der Waals surface area contributed by atoms with Crippen molar-refractivity contribution in [1.29, 1.82) is 0 Å². The van der Waals surface area contributed by atoms with Crippen molar-refractivity contribution in [2.75, 3.05) is 6.54 Å². The monoisotopic (exact) mass is 341 g/mol. The zero-order valence-corrected chi connectivity index (χ0v) is 15.4. The normalized spacial score (nSPS) is 16.9. The Morgan fingerprint density at radius 3 is 2.56 bits per heavy atom. The molecule has 0 radical (unpaired) electrons. The molecule has 0 saturated heterocycles. The van der Waals surface area contributed by atoms with Crippen LogP contribution in [0.4, 0.5) is 0 Å². The van der Waals surface area contributed by atoms with Crippen molar-refractivity contribution in [3.63, 3.8) is 0 Å². The summed E-state index contributed by atoms with van der Waals surface area (Å²) in [6, 6.07) is 10.7. The first-order chi connectivity index (χ1) is 12.0. The van der Waals surface area contributed by atoms with Gasteiger partial charge < -0.3 is 0 Å². The van der Waals surface area contributed by atoms with Gasteiger partial charge in [0.25, 0.3) is 5.56 Å². The minimum Gasteiger partial charge on any atom is -0.299 e. The van der Waals surface area contributed by atoms with Crippen LogP contribution in [0.2, 0.25) is 0 Å². The van der Waals surface area contributed by atoms with E-state index in [9.17, 15) is 9.59 Å². The molecule has 1 aliphatic rings. The first-order valence-electron chi connectivity index (χ1n) is 9.08. The maximum absolute atomic E-state index is 12.2. The summed E-state index contributed by atoms with van der Waals surface area (Å²) in [7, 11) is 3.27. The second-order valence-corrected chi connectivity index (χ2v) is 7.01. The van der Waals surface area contributed by atoms with Crippen molar-refractivity contribution >= 4 is 0 Å². The summed E-state index contributed by atoms with van der Waals surface area (Å²) < 4.78 is 2.76. The van der Waals surface area contributed by atoms with Gasteiger partial charge in [-0.3, -0.25) is 18.8 Å². The fraction of sp³-hybridized carbons (Fsp3) is 0.500. The molecule has 0 N–H and O–H groups in total. The van der Waals surface area contributed by atoms with Gasteiger partial charge in [0.05, 0.1) is 0 Å². The zero-order chi connectivity index (χ0) is 18.0. The van der Waals surface area contributed by atoms with Gasteiger partial charge in [0.15, 0.2) is 0 Å². The van der Waals surface area contributed by atoms with Crippen molar-refractivity contribution in [3.8, 4) is 0 Å². The van der Waals surface area contributed by atoms with Crippen LogP contribution in [0.1, 0.15) is 36.6 Å². The average molecular weight is 341 g/mol. The molecule has 134 valence electrons. The fourth-order valence-corrected chi connectivity index (χ4v) is 3.81. The van der Waals surface area contributed by atoms with E-state index in [-0.39, 0.29) is 11.2 Å². The third kappa shape index (κ3) is 3.61. The van der Waals surface area contributed by atoms with E-state index in [1.165, 1.54) is 18.2 Å². The highest BCUT2D eigenvalue weighted by Gasteiger charge is 2.24. The van der Waals surface area contributed by atoms with Crippen LogP contribution >= 0.6 is 0 Å². The van der Waals surface area contributed by atoms with Gasteiger partial charge in [-0.1, -0.05) is 31.2 Å². The number of hydrogen-bond donors (Lipinski definition) is 0. The molecule has 5 heteroatoms. The molecule has 1 heterocycles. The van der Waals surface area contributed by atoms with E-state index >= 15 is 0 Å². The predicted octanol–water partition coefficient (Wildman–Crippen LogP) is 1.85. The minimum absolute atomic E-state index is 0.233. The number of aryl methyl sites for hydroxylation is 1. The lowest BCUT2D eigenvalue weighted by atomic mass is 9.87. The van der Waals surface area contributed by atoms with Gasteiger partial charge in [-0.25, -0.2) is 4.79 Å². The minimum atomic E-state index is -0.257. The SMILES string of the molecule is CCCN(Cc1cc(=O)n(C)c(=O)n1C)[C@H]1CCc2ccccc2C1. The molecule has 0 fully saturated rings. The maximum Gasteiger partial charge on any atom is 0.330 e. The lowest BCUT2D eigenvalue weighted by Gasteiger charge is -2.35. The molecule has 1 aliphatic carbocycles. The van der Waals surface area contributed by atoms with Crippen molar-refractivity contribution < 1.29 is 0 Å². The number of rotatable bonds is 5. The standard InChI is InChI=1S/C20H27N3O2/c1-4-11-23(14-18-13-19(24)22(3)20(25)21(18)2)17-10-9-15-7-5-6-8-16(15)12-17/h5-8,13,17H,4,9-12,14H2,1-3H3/t17-/m0/s1. The van der Waals surface area contributed by atoms with Crippen molar-refractivity contribution in [2.45, 2.75) is 45.2 Å². The molecule has 0 saturated carbocycles. The highest BCUT2D eigenvalue weighted by molar-refractivity contribution is 5.30. The van der Waals surface area contributed by atoms with Gasteiger partial charge in [-0.05, 0) is 43.4 Å². The number of fused-ring (bicyclic) bond motifs is 1. The maximum atomic E-state index is 12.2. The van der Waals surface area contributed by atoms with Crippen LogP contribution < -0.4 is 11.2 Å². The van der Waals surface area contributed by atoms with Crippen molar-refractivity contribution in [3.05, 3.63) is 68.0 Å². The van der Waals surface area contributed by atoms with E-state index in [1.807, 2.05) is 0 Å². The summed E-state index contributed by atoms with van der Waals surface area (Å²) in [5.41, 5.74) is 3.19. The molecule has 0 unspecified atom stereocenters. The molecule has 2 aromatic rings. The highest BCUT2D eigenvalue weighted by Crippen LogP contribution is 2.25. The van der Waals surface area contributed by atoms with Crippen LogP contribution in [0.15, 0.2) is 39.9 Å². The Hall–Kier alpha value is -2.14. The smallest absolute Gasteiger partial charge is 0.299 e. The third-order valence-electron chi connectivity index (χ3n) is 5.34. The zero-order valence-electron chi connectivity index (χ0n) is 15.4. The quantitative estimate of drug-likeness (QED) is 0.834. The number of nitrogens with zero attached hydrogens (tertiary/aromatic N) is 3. The second kappa shape index (κ2) is 7.40. The molecule has 1 aromatic carbocycles. The number of hydrogen-bond acceptors (Lipinski definition) is 3.